The number of ether oxygens (including phenoxy) is 1. The van der Waals surface area contributed by atoms with Crippen LogP contribution in [-0.4, -0.2) is 23.6 Å². The van der Waals surface area contributed by atoms with Crippen LogP contribution in [0.15, 0.2) is 5.38 Å². The zero-order valence-electron chi connectivity index (χ0n) is 9.12. The lowest BCUT2D eigenvalue weighted by Gasteiger charge is -2.28. The predicted molar refractivity (Wildman–Crippen MR) is 63.7 cm³/mol. The fourth-order valence-corrected chi connectivity index (χ4v) is 3.43. The van der Waals surface area contributed by atoms with Crippen molar-refractivity contribution >= 4 is 22.9 Å². The third-order valence-corrected chi connectivity index (χ3v) is 4.77. The van der Waals surface area contributed by atoms with E-state index in [1.807, 2.05) is 6.92 Å². The molecule has 1 aliphatic rings. The van der Waals surface area contributed by atoms with Gasteiger partial charge in [0.05, 0.1) is 11.1 Å². The van der Waals surface area contributed by atoms with Gasteiger partial charge in [-0.1, -0.05) is 0 Å². The molecule has 2 atom stereocenters. The Morgan fingerprint density at radius 1 is 1.73 bits per heavy atom. The first kappa shape index (κ1) is 11.4. The monoisotopic (exact) mass is 245 g/mol. The summed E-state index contributed by atoms with van der Waals surface area (Å²) < 4.78 is 5.63. The molecule has 1 aromatic heterocycles. The van der Waals surface area contributed by atoms with Gasteiger partial charge >= 0.3 is 0 Å². The second kappa shape index (κ2) is 4.40. The molecule has 2 nitrogen and oxygen atoms in total. The fourth-order valence-electron chi connectivity index (χ4n) is 2.06. The highest BCUT2D eigenvalue weighted by Gasteiger charge is 2.41. The summed E-state index contributed by atoms with van der Waals surface area (Å²) in [6, 6.07) is 0. The van der Waals surface area contributed by atoms with Crippen LogP contribution in [0.2, 0.25) is 0 Å². The molecule has 2 unspecified atom stereocenters. The number of nitrogens with zero attached hydrogens (tertiary/aromatic N) is 1. The molecular weight excluding hydrogens is 230 g/mol. The molecule has 1 saturated heterocycles. The summed E-state index contributed by atoms with van der Waals surface area (Å²) in [5.41, 5.74) is 1.21. The SMILES string of the molecule is Cc1csc(CC2(CCl)CCOC2C)n1. The van der Waals surface area contributed by atoms with E-state index < -0.39 is 0 Å². The van der Waals surface area contributed by atoms with Crippen molar-refractivity contribution in [2.75, 3.05) is 12.5 Å². The fraction of sp³-hybridized carbons (Fsp3) is 0.727. The minimum absolute atomic E-state index is 0.103. The van der Waals surface area contributed by atoms with Gasteiger partial charge in [-0.2, -0.15) is 0 Å². The Kier molecular flexibility index (Phi) is 3.33. The normalized spacial score (nSPS) is 31.0. The molecule has 1 fully saturated rings. The number of halogens is 1. The molecule has 2 heterocycles. The van der Waals surface area contributed by atoms with Gasteiger partial charge in [0.25, 0.3) is 0 Å². The summed E-state index contributed by atoms with van der Waals surface area (Å²) in [5.74, 6) is 0.660. The predicted octanol–water partition coefficient (Wildman–Crippen LogP) is 3.03. The number of hydrogen-bond acceptors (Lipinski definition) is 3. The lowest BCUT2D eigenvalue weighted by molar-refractivity contribution is 0.0735. The quantitative estimate of drug-likeness (QED) is 0.764. The van der Waals surface area contributed by atoms with Crippen molar-refractivity contribution in [3.05, 3.63) is 16.1 Å². The molecule has 0 spiro atoms. The first-order valence-electron chi connectivity index (χ1n) is 5.25. The molecule has 2 rings (SSSR count). The van der Waals surface area contributed by atoms with E-state index in [-0.39, 0.29) is 11.5 Å². The smallest absolute Gasteiger partial charge is 0.0935 e. The molecule has 1 aromatic rings. The maximum Gasteiger partial charge on any atom is 0.0935 e. The van der Waals surface area contributed by atoms with Gasteiger partial charge < -0.3 is 4.74 Å². The number of rotatable bonds is 3. The molecular formula is C11H16ClNOS. The summed E-state index contributed by atoms with van der Waals surface area (Å²) in [4.78, 5) is 4.51. The Morgan fingerprint density at radius 2 is 2.53 bits per heavy atom. The van der Waals surface area contributed by atoms with Gasteiger partial charge in [-0.25, -0.2) is 4.98 Å². The van der Waals surface area contributed by atoms with E-state index in [1.54, 1.807) is 11.3 Å². The van der Waals surface area contributed by atoms with Crippen molar-refractivity contribution in [3.63, 3.8) is 0 Å². The number of hydrogen-bond donors (Lipinski definition) is 0. The number of aromatic nitrogens is 1. The van der Waals surface area contributed by atoms with Crippen LogP contribution in [0.25, 0.3) is 0 Å². The first-order chi connectivity index (χ1) is 7.16. The lowest BCUT2D eigenvalue weighted by atomic mass is 9.81. The maximum atomic E-state index is 6.11. The molecule has 0 aliphatic carbocycles. The topological polar surface area (TPSA) is 22.1 Å². The Labute approximate surface area is 99.6 Å². The second-order valence-electron chi connectivity index (χ2n) is 4.32. The first-order valence-corrected chi connectivity index (χ1v) is 6.66. The molecule has 0 N–H and O–H groups in total. The van der Waals surface area contributed by atoms with E-state index in [0.717, 1.165) is 25.1 Å². The van der Waals surface area contributed by atoms with Gasteiger partial charge in [-0.05, 0) is 20.3 Å². The molecule has 4 heteroatoms. The van der Waals surface area contributed by atoms with Crippen molar-refractivity contribution in [1.82, 2.24) is 4.98 Å². The van der Waals surface area contributed by atoms with Crippen LogP contribution in [0.5, 0.6) is 0 Å². The van der Waals surface area contributed by atoms with Crippen molar-refractivity contribution in [2.45, 2.75) is 32.8 Å². The molecule has 0 bridgehead atoms. The van der Waals surface area contributed by atoms with Gasteiger partial charge in [-0.15, -0.1) is 22.9 Å². The highest BCUT2D eigenvalue weighted by atomic mass is 35.5. The largest absolute Gasteiger partial charge is 0.378 e. The summed E-state index contributed by atoms with van der Waals surface area (Å²) in [5, 5.41) is 3.28. The van der Waals surface area contributed by atoms with E-state index in [0.29, 0.717) is 5.88 Å². The molecule has 15 heavy (non-hydrogen) atoms. The van der Waals surface area contributed by atoms with E-state index >= 15 is 0 Å². The molecule has 0 saturated carbocycles. The second-order valence-corrected chi connectivity index (χ2v) is 5.53. The van der Waals surface area contributed by atoms with E-state index in [9.17, 15) is 0 Å². The van der Waals surface area contributed by atoms with Crippen LogP contribution >= 0.6 is 22.9 Å². The Balaban J connectivity index is 2.14. The van der Waals surface area contributed by atoms with Crippen LogP contribution < -0.4 is 0 Å². The lowest BCUT2D eigenvalue weighted by Crippen LogP contribution is -2.33. The minimum Gasteiger partial charge on any atom is -0.378 e. The van der Waals surface area contributed by atoms with E-state index in [4.69, 9.17) is 16.3 Å². The van der Waals surface area contributed by atoms with Crippen molar-refractivity contribution in [2.24, 2.45) is 5.41 Å². The zero-order chi connectivity index (χ0) is 10.9. The zero-order valence-corrected chi connectivity index (χ0v) is 10.7. The molecule has 1 aliphatic heterocycles. The third-order valence-electron chi connectivity index (χ3n) is 3.27. The van der Waals surface area contributed by atoms with Gasteiger partial charge in [0.2, 0.25) is 0 Å². The van der Waals surface area contributed by atoms with Gasteiger partial charge in [0, 0.05) is 35.4 Å². The van der Waals surface area contributed by atoms with Crippen molar-refractivity contribution in [3.8, 4) is 0 Å². The minimum atomic E-state index is 0.103. The number of aryl methyl sites for hydroxylation is 1. The van der Waals surface area contributed by atoms with E-state index in [2.05, 4.69) is 17.3 Å². The Hall–Kier alpha value is -0.120. The Morgan fingerprint density at radius 3 is 3.00 bits per heavy atom. The number of alkyl halides is 1. The molecule has 84 valence electrons. The van der Waals surface area contributed by atoms with Crippen molar-refractivity contribution < 1.29 is 4.74 Å². The molecule has 0 aromatic carbocycles. The van der Waals surface area contributed by atoms with Crippen LogP contribution in [0.4, 0.5) is 0 Å². The van der Waals surface area contributed by atoms with Crippen LogP contribution in [0.1, 0.15) is 24.0 Å². The summed E-state index contributed by atoms with van der Waals surface area (Å²) in [6.07, 6.45) is 2.26. The van der Waals surface area contributed by atoms with Gasteiger partial charge in [-0.3, -0.25) is 0 Å². The highest BCUT2D eigenvalue weighted by molar-refractivity contribution is 7.09. The van der Waals surface area contributed by atoms with E-state index in [1.165, 1.54) is 5.01 Å². The maximum absolute atomic E-state index is 6.11. The average molecular weight is 246 g/mol. The van der Waals surface area contributed by atoms with Crippen LogP contribution in [0.3, 0.4) is 0 Å². The molecule has 0 amide bonds. The summed E-state index contributed by atoms with van der Waals surface area (Å²) >= 11 is 7.84. The summed E-state index contributed by atoms with van der Waals surface area (Å²) in [7, 11) is 0. The average Bonchev–Trinajstić information content (AvgIpc) is 2.76. The highest BCUT2D eigenvalue weighted by Crippen LogP contribution is 2.39. The van der Waals surface area contributed by atoms with Crippen molar-refractivity contribution in [1.29, 1.82) is 0 Å². The van der Waals surface area contributed by atoms with Crippen LogP contribution in [0, 0.1) is 12.3 Å². The standard InChI is InChI=1S/C11H16ClNOS/c1-8-6-15-10(13-8)5-11(7-12)3-4-14-9(11)2/h6,9H,3-5,7H2,1-2H3. The third kappa shape index (κ3) is 2.19. The number of thiazole rings is 1. The van der Waals surface area contributed by atoms with Crippen LogP contribution in [-0.2, 0) is 11.2 Å². The van der Waals surface area contributed by atoms with Gasteiger partial charge in [0.15, 0.2) is 0 Å². The summed E-state index contributed by atoms with van der Waals surface area (Å²) in [6.45, 7) is 4.98. The molecule has 0 radical (unpaired) electrons. The van der Waals surface area contributed by atoms with Gasteiger partial charge in [0.1, 0.15) is 0 Å². The Bertz CT molecular complexity index is 341.